The van der Waals surface area contributed by atoms with Gasteiger partial charge in [0.2, 0.25) is 0 Å². The Morgan fingerprint density at radius 3 is 2.58 bits per heavy atom. The minimum absolute atomic E-state index is 0.0999. The van der Waals surface area contributed by atoms with Gasteiger partial charge in [0.1, 0.15) is 24.1 Å². The topological polar surface area (TPSA) is 71.3 Å². The van der Waals surface area contributed by atoms with Crippen molar-refractivity contribution < 1.29 is 18.7 Å². The molecule has 0 aliphatic heterocycles. The van der Waals surface area contributed by atoms with Crippen LogP contribution in [0.4, 0.5) is 10.1 Å². The standard InChI is InChI=1S/C25H19BrClFN2O3/c1-15-3-6-19(27)11-22(15)30-25(31)18(13-29)9-17-10-23(32-2)24(12-21(17)26)33-14-16-4-7-20(28)8-5-16/h3-12H,14H2,1-2H3,(H,30,31)/b18-9+. The molecule has 3 aromatic rings. The van der Waals surface area contributed by atoms with Gasteiger partial charge < -0.3 is 14.8 Å². The summed E-state index contributed by atoms with van der Waals surface area (Å²) in [7, 11) is 1.49. The summed E-state index contributed by atoms with van der Waals surface area (Å²) in [5, 5.41) is 12.7. The number of nitrogens with zero attached hydrogens (tertiary/aromatic N) is 1. The summed E-state index contributed by atoms with van der Waals surface area (Å²) in [4.78, 5) is 12.7. The minimum Gasteiger partial charge on any atom is -0.493 e. The maximum atomic E-state index is 13.1. The molecule has 0 unspecified atom stereocenters. The maximum absolute atomic E-state index is 13.1. The maximum Gasteiger partial charge on any atom is 0.266 e. The van der Waals surface area contributed by atoms with Crippen molar-refractivity contribution in [1.29, 1.82) is 5.26 Å². The Hall–Kier alpha value is -3.34. The summed E-state index contributed by atoms with van der Waals surface area (Å²) in [6.45, 7) is 2.04. The summed E-state index contributed by atoms with van der Waals surface area (Å²) >= 11 is 9.46. The van der Waals surface area contributed by atoms with Crippen molar-refractivity contribution in [2.24, 2.45) is 0 Å². The van der Waals surface area contributed by atoms with E-state index in [0.717, 1.165) is 11.1 Å². The van der Waals surface area contributed by atoms with Gasteiger partial charge in [-0.3, -0.25) is 4.79 Å². The number of amides is 1. The first-order chi connectivity index (χ1) is 15.8. The molecule has 1 N–H and O–H groups in total. The largest absolute Gasteiger partial charge is 0.493 e. The molecule has 168 valence electrons. The fourth-order valence-corrected chi connectivity index (χ4v) is 3.51. The quantitative estimate of drug-likeness (QED) is 0.274. The first-order valence-corrected chi connectivity index (χ1v) is 10.9. The van der Waals surface area contributed by atoms with Gasteiger partial charge in [-0.2, -0.15) is 5.26 Å². The van der Waals surface area contributed by atoms with E-state index in [1.165, 1.54) is 25.3 Å². The summed E-state index contributed by atoms with van der Waals surface area (Å²) in [6.07, 6.45) is 1.45. The van der Waals surface area contributed by atoms with Crippen molar-refractivity contribution in [3.05, 3.63) is 92.2 Å². The van der Waals surface area contributed by atoms with Crippen LogP contribution in [0, 0.1) is 24.1 Å². The molecular formula is C25H19BrClFN2O3. The molecule has 0 aromatic heterocycles. The predicted molar refractivity (Wildman–Crippen MR) is 130 cm³/mol. The summed E-state index contributed by atoms with van der Waals surface area (Å²) in [6, 6.07) is 16.4. The third-order valence-electron chi connectivity index (χ3n) is 4.70. The fourth-order valence-electron chi connectivity index (χ4n) is 2.90. The van der Waals surface area contributed by atoms with Gasteiger partial charge >= 0.3 is 0 Å². The number of carbonyl (C=O) groups is 1. The molecular weight excluding hydrogens is 511 g/mol. The van der Waals surface area contributed by atoms with Gasteiger partial charge in [-0.25, -0.2) is 4.39 Å². The highest BCUT2D eigenvalue weighted by atomic mass is 79.9. The molecule has 0 atom stereocenters. The van der Waals surface area contributed by atoms with E-state index >= 15 is 0 Å². The lowest BCUT2D eigenvalue weighted by atomic mass is 10.1. The lowest BCUT2D eigenvalue weighted by Crippen LogP contribution is -2.14. The van der Waals surface area contributed by atoms with Gasteiger partial charge in [-0.1, -0.05) is 45.7 Å². The second-order valence-electron chi connectivity index (χ2n) is 7.02. The zero-order chi connectivity index (χ0) is 24.0. The number of benzene rings is 3. The van der Waals surface area contributed by atoms with E-state index in [-0.39, 0.29) is 18.0 Å². The van der Waals surface area contributed by atoms with Crippen molar-refractivity contribution >= 4 is 45.2 Å². The van der Waals surface area contributed by atoms with E-state index in [4.69, 9.17) is 21.1 Å². The molecule has 3 aromatic carbocycles. The molecule has 1 amide bonds. The van der Waals surface area contributed by atoms with E-state index in [9.17, 15) is 14.4 Å². The molecule has 8 heteroatoms. The van der Waals surface area contributed by atoms with Crippen LogP contribution in [0.1, 0.15) is 16.7 Å². The summed E-state index contributed by atoms with van der Waals surface area (Å²) < 4.78 is 24.9. The van der Waals surface area contributed by atoms with E-state index in [1.807, 2.05) is 13.0 Å². The molecule has 0 aliphatic carbocycles. The average molecular weight is 530 g/mol. The van der Waals surface area contributed by atoms with Crippen molar-refractivity contribution in [2.75, 3.05) is 12.4 Å². The first kappa shape index (κ1) is 24.3. The highest BCUT2D eigenvalue weighted by Gasteiger charge is 2.15. The Bertz CT molecular complexity index is 1250. The minimum atomic E-state index is -0.564. The van der Waals surface area contributed by atoms with Gasteiger partial charge in [-0.05, 0) is 66.1 Å². The Kier molecular flexibility index (Phi) is 8.10. The molecule has 3 rings (SSSR count). The fraction of sp³-hybridized carbons (Fsp3) is 0.120. The van der Waals surface area contributed by atoms with Gasteiger partial charge in [0, 0.05) is 15.2 Å². The second kappa shape index (κ2) is 11.0. The number of nitrogens with one attached hydrogen (secondary N) is 1. The third kappa shape index (κ3) is 6.35. The van der Waals surface area contributed by atoms with E-state index in [0.29, 0.717) is 32.2 Å². The number of anilines is 1. The highest BCUT2D eigenvalue weighted by Crippen LogP contribution is 2.35. The SMILES string of the molecule is COc1cc(/C=C(\C#N)C(=O)Nc2cc(Cl)ccc2C)c(Br)cc1OCc1ccc(F)cc1. The Morgan fingerprint density at radius 1 is 1.18 bits per heavy atom. The lowest BCUT2D eigenvalue weighted by molar-refractivity contribution is -0.112. The molecule has 33 heavy (non-hydrogen) atoms. The van der Waals surface area contributed by atoms with E-state index in [1.54, 1.807) is 42.5 Å². The van der Waals surface area contributed by atoms with E-state index < -0.39 is 5.91 Å². The number of carbonyl (C=O) groups excluding carboxylic acids is 1. The van der Waals surface area contributed by atoms with Crippen LogP contribution in [0.5, 0.6) is 11.5 Å². The smallest absolute Gasteiger partial charge is 0.266 e. The molecule has 0 radical (unpaired) electrons. The van der Waals surface area contributed by atoms with Crippen LogP contribution in [0.3, 0.4) is 0 Å². The first-order valence-electron chi connectivity index (χ1n) is 9.74. The van der Waals surface area contributed by atoms with Crippen molar-refractivity contribution in [3.8, 4) is 17.6 Å². The van der Waals surface area contributed by atoms with Crippen molar-refractivity contribution in [3.63, 3.8) is 0 Å². The molecule has 0 fully saturated rings. The molecule has 0 heterocycles. The lowest BCUT2D eigenvalue weighted by Gasteiger charge is -2.13. The number of ether oxygens (including phenoxy) is 2. The molecule has 5 nitrogen and oxygen atoms in total. The number of methoxy groups -OCH3 is 1. The number of hydrogen-bond acceptors (Lipinski definition) is 4. The van der Waals surface area contributed by atoms with Crippen LogP contribution in [0.15, 0.2) is 64.6 Å². The average Bonchev–Trinajstić information content (AvgIpc) is 2.80. The van der Waals surface area contributed by atoms with Gasteiger partial charge in [-0.15, -0.1) is 0 Å². The zero-order valence-electron chi connectivity index (χ0n) is 17.8. The molecule has 0 saturated carbocycles. The summed E-state index contributed by atoms with van der Waals surface area (Å²) in [5.41, 5.74) is 2.58. The van der Waals surface area contributed by atoms with Gasteiger partial charge in [0.25, 0.3) is 5.91 Å². The van der Waals surface area contributed by atoms with Gasteiger partial charge in [0.05, 0.1) is 7.11 Å². The molecule has 0 aliphatic rings. The summed E-state index contributed by atoms with van der Waals surface area (Å²) in [5.74, 6) is -0.0262. The normalized spacial score (nSPS) is 11.0. The number of aryl methyl sites for hydroxylation is 1. The predicted octanol–water partition coefficient (Wildman–Crippen LogP) is 6.68. The Balaban J connectivity index is 1.83. The van der Waals surface area contributed by atoms with Crippen LogP contribution in [0.2, 0.25) is 5.02 Å². The number of halogens is 3. The van der Waals surface area contributed by atoms with Crippen molar-refractivity contribution in [2.45, 2.75) is 13.5 Å². The third-order valence-corrected chi connectivity index (χ3v) is 5.63. The number of rotatable bonds is 7. The van der Waals surface area contributed by atoms with Crippen LogP contribution < -0.4 is 14.8 Å². The van der Waals surface area contributed by atoms with Crippen LogP contribution in [0.25, 0.3) is 6.08 Å². The number of hydrogen-bond donors (Lipinski definition) is 1. The second-order valence-corrected chi connectivity index (χ2v) is 8.31. The monoisotopic (exact) mass is 528 g/mol. The van der Waals surface area contributed by atoms with Crippen LogP contribution in [-0.4, -0.2) is 13.0 Å². The molecule has 0 saturated heterocycles. The van der Waals surface area contributed by atoms with Crippen molar-refractivity contribution in [1.82, 2.24) is 0 Å². The van der Waals surface area contributed by atoms with Gasteiger partial charge in [0.15, 0.2) is 11.5 Å². The zero-order valence-corrected chi connectivity index (χ0v) is 20.1. The molecule has 0 bridgehead atoms. The van der Waals surface area contributed by atoms with Crippen LogP contribution >= 0.6 is 27.5 Å². The Morgan fingerprint density at radius 2 is 1.91 bits per heavy atom. The Labute approximate surface area is 204 Å². The van der Waals surface area contributed by atoms with E-state index in [2.05, 4.69) is 21.2 Å². The van der Waals surface area contributed by atoms with Crippen LogP contribution in [-0.2, 0) is 11.4 Å². The molecule has 0 spiro atoms. The highest BCUT2D eigenvalue weighted by molar-refractivity contribution is 9.10. The number of nitriles is 1.